The summed E-state index contributed by atoms with van der Waals surface area (Å²) in [4.78, 5) is 3.05. The van der Waals surface area contributed by atoms with Gasteiger partial charge >= 0.3 is 0 Å². The highest BCUT2D eigenvalue weighted by molar-refractivity contribution is 6.31. The van der Waals surface area contributed by atoms with Crippen molar-refractivity contribution in [3.05, 3.63) is 34.5 Å². The summed E-state index contributed by atoms with van der Waals surface area (Å²) < 4.78 is 0. The van der Waals surface area contributed by atoms with Gasteiger partial charge in [-0.25, -0.2) is 0 Å². The monoisotopic (exact) mass is 223 g/mol. The van der Waals surface area contributed by atoms with Gasteiger partial charge in [-0.05, 0) is 23.6 Å². The molecule has 2 N–H and O–H groups in total. The molecule has 2 aromatic rings. The van der Waals surface area contributed by atoms with Crippen molar-refractivity contribution < 1.29 is 5.11 Å². The van der Waals surface area contributed by atoms with Crippen molar-refractivity contribution in [1.82, 2.24) is 4.98 Å². The number of aliphatic hydroxyl groups is 1. The number of rotatable bonds is 2. The molecule has 1 heterocycles. The first kappa shape index (κ1) is 10.5. The normalized spacial score (nSPS) is 11.5. The lowest BCUT2D eigenvalue weighted by Gasteiger charge is -2.05. The highest BCUT2D eigenvalue weighted by Crippen LogP contribution is 2.28. The molecule has 3 heteroatoms. The second-order valence-corrected chi connectivity index (χ2v) is 4.41. The lowest BCUT2D eigenvalue weighted by Crippen LogP contribution is -1.87. The SMILES string of the molecule is CC(C)c1ccc2[nH]c(Cl)c(CO)c2c1. The highest BCUT2D eigenvalue weighted by atomic mass is 35.5. The zero-order valence-corrected chi connectivity index (χ0v) is 9.60. The Bertz CT molecular complexity index is 488. The molecular formula is C12H14ClNO. The van der Waals surface area contributed by atoms with Crippen LogP contribution >= 0.6 is 11.6 Å². The van der Waals surface area contributed by atoms with Crippen LogP contribution in [0.1, 0.15) is 30.9 Å². The summed E-state index contributed by atoms with van der Waals surface area (Å²) in [6.07, 6.45) is 0. The van der Waals surface area contributed by atoms with Crippen LogP contribution in [0.15, 0.2) is 18.2 Å². The van der Waals surface area contributed by atoms with Crippen LogP contribution in [0.3, 0.4) is 0 Å². The topological polar surface area (TPSA) is 36.0 Å². The molecule has 1 aromatic carbocycles. The molecule has 0 saturated carbocycles. The zero-order valence-electron chi connectivity index (χ0n) is 8.84. The number of H-pyrrole nitrogens is 1. The van der Waals surface area contributed by atoms with Gasteiger partial charge in [0, 0.05) is 16.5 Å². The maximum atomic E-state index is 9.23. The molecule has 0 spiro atoms. The van der Waals surface area contributed by atoms with Crippen LogP contribution in [0.25, 0.3) is 10.9 Å². The smallest absolute Gasteiger partial charge is 0.112 e. The van der Waals surface area contributed by atoms with E-state index in [1.807, 2.05) is 6.07 Å². The van der Waals surface area contributed by atoms with Crippen LogP contribution in [0.5, 0.6) is 0 Å². The average Bonchev–Trinajstić information content (AvgIpc) is 2.51. The van der Waals surface area contributed by atoms with Crippen LogP contribution in [0.4, 0.5) is 0 Å². The Morgan fingerprint density at radius 3 is 2.73 bits per heavy atom. The number of aromatic nitrogens is 1. The van der Waals surface area contributed by atoms with Crippen molar-refractivity contribution in [2.75, 3.05) is 0 Å². The molecule has 1 aromatic heterocycles. The number of hydrogen-bond donors (Lipinski definition) is 2. The number of hydrogen-bond acceptors (Lipinski definition) is 1. The van der Waals surface area contributed by atoms with E-state index in [1.165, 1.54) is 5.56 Å². The van der Waals surface area contributed by atoms with Gasteiger partial charge in [0.05, 0.1) is 6.61 Å². The van der Waals surface area contributed by atoms with E-state index < -0.39 is 0 Å². The van der Waals surface area contributed by atoms with E-state index in [1.54, 1.807) is 0 Å². The molecular weight excluding hydrogens is 210 g/mol. The molecule has 80 valence electrons. The molecule has 0 fully saturated rings. The van der Waals surface area contributed by atoms with Crippen molar-refractivity contribution in [3.8, 4) is 0 Å². The standard InChI is InChI=1S/C12H14ClNO/c1-7(2)8-3-4-11-9(5-8)10(6-15)12(13)14-11/h3-5,7,14-15H,6H2,1-2H3. The van der Waals surface area contributed by atoms with Crippen LogP contribution < -0.4 is 0 Å². The third-order valence-electron chi connectivity index (χ3n) is 2.70. The minimum absolute atomic E-state index is 0.0274. The predicted octanol–water partition coefficient (Wildman–Crippen LogP) is 3.44. The minimum atomic E-state index is -0.0274. The molecule has 0 unspecified atom stereocenters. The van der Waals surface area contributed by atoms with Crippen molar-refractivity contribution in [3.63, 3.8) is 0 Å². The molecule has 2 rings (SSSR count). The van der Waals surface area contributed by atoms with Crippen LogP contribution in [0, 0.1) is 0 Å². The minimum Gasteiger partial charge on any atom is -0.392 e. The lowest BCUT2D eigenvalue weighted by atomic mass is 10.0. The van der Waals surface area contributed by atoms with Gasteiger partial charge in [0.2, 0.25) is 0 Å². The fourth-order valence-electron chi connectivity index (χ4n) is 1.75. The second-order valence-electron chi connectivity index (χ2n) is 4.04. The Hall–Kier alpha value is -0.990. The molecule has 15 heavy (non-hydrogen) atoms. The Kier molecular flexibility index (Phi) is 2.72. The maximum absolute atomic E-state index is 9.23. The van der Waals surface area contributed by atoms with Gasteiger partial charge in [-0.1, -0.05) is 31.5 Å². The number of aliphatic hydroxyl groups excluding tert-OH is 1. The number of aromatic amines is 1. The number of halogens is 1. The Labute approximate surface area is 93.9 Å². The third kappa shape index (κ3) is 1.75. The molecule has 0 aliphatic rings. The van der Waals surface area contributed by atoms with Crippen molar-refractivity contribution in [2.24, 2.45) is 0 Å². The first-order valence-electron chi connectivity index (χ1n) is 5.04. The van der Waals surface area contributed by atoms with E-state index in [9.17, 15) is 5.11 Å². The van der Waals surface area contributed by atoms with Gasteiger partial charge in [0.1, 0.15) is 5.15 Å². The number of fused-ring (bicyclic) bond motifs is 1. The Morgan fingerprint density at radius 1 is 1.40 bits per heavy atom. The highest BCUT2D eigenvalue weighted by Gasteiger charge is 2.10. The molecule has 0 atom stereocenters. The van der Waals surface area contributed by atoms with E-state index in [0.29, 0.717) is 11.1 Å². The molecule has 0 bridgehead atoms. The van der Waals surface area contributed by atoms with Gasteiger partial charge in [-0.2, -0.15) is 0 Å². The van der Waals surface area contributed by atoms with E-state index >= 15 is 0 Å². The second kappa shape index (κ2) is 3.87. The molecule has 0 aliphatic heterocycles. The molecule has 0 aliphatic carbocycles. The molecule has 0 amide bonds. The predicted molar refractivity (Wildman–Crippen MR) is 63.3 cm³/mol. The largest absolute Gasteiger partial charge is 0.392 e. The maximum Gasteiger partial charge on any atom is 0.112 e. The first-order valence-corrected chi connectivity index (χ1v) is 5.42. The van der Waals surface area contributed by atoms with Gasteiger partial charge in [-0.15, -0.1) is 0 Å². The summed E-state index contributed by atoms with van der Waals surface area (Å²) in [5, 5.41) is 10.8. The van der Waals surface area contributed by atoms with Crippen LogP contribution in [-0.4, -0.2) is 10.1 Å². The summed E-state index contributed by atoms with van der Waals surface area (Å²) in [6.45, 7) is 4.27. The van der Waals surface area contributed by atoms with E-state index in [-0.39, 0.29) is 6.61 Å². The molecule has 2 nitrogen and oxygen atoms in total. The van der Waals surface area contributed by atoms with E-state index in [2.05, 4.69) is 31.0 Å². The van der Waals surface area contributed by atoms with Crippen molar-refractivity contribution >= 4 is 22.5 Å². The summed E-state index contributed by atoms with van der Waals surface area (Å²) in [5.41, 5.74) is 3.02. The van der Waals surface area contributed by atoms with Gasteiger partial charge in [-0.3, -0.25) is 0 Å². The fourth-order valence-corrected chi connectivity index (χ4v) is 2.01. The number of nitrogens with one attached hydrogen (secondary N) is 1. The Balaban J connectivity index is 2.68. The average molecular weight is 224 g/mol. The molecule has 0 radical (unpaired) electrons. The lowest BCUT2D eigenvalue weighted by molar-refractivity contribution is 0.283. The van der Waals surface area contributed by atoms with E-state index in [4.69, 9.17) is 11.6 Å². The summed E-state index contributed by atoms with van der Waals surface area (Å²) in [6, 6.07) is 6.19. The van der Waals surface area contributed by atoms with Gasteiger partial charge < -0.3 is 10.1 Å². The third-order valence-corrected chi connectivity index (χ3v) is 3.03. The zero-order chi connectivity index (χ0) is 11.0. The van der Waals surface area contributed by atoms with Crippen molar-refractivity contribution in [2.45, 2.75) is 26.4 Å². The summed E-state index contributed by atoms with van der Waals surface area (Å²) in [7, 11) is 0. The van der Waals surface area contributed by atoms with Gasteiger partial charge in [0.25, 0.3) is 0 Å². The van der Waals surface area contributed by atoms with Gasteiger partial charge in [0.15, 0.2) is 0 Å². The fraction of sp³-hybridized carbons (Fsp3) is 0.333. The number of benzene rings is 1. The van der Waals surface area contributed by atoms with Crippen LogP contribution in [0.2, 0.25) is 5.15 Å². The first-order chi connectivity index (χ1) is 7.13. The summed E-state index contributed by atoms with van der Waals surface area (Å²) in [5.74, 6) is 0.481. The quantitative estimate of drug-likeness (QED) is 0.804. The molecule has 0 saturated heterocycles. The van der Waals surface area contributed by atoms with Crippen molar-refractivity contribution in [1.29, 1.82) is 0 Å². The summed E-state index contributed by atoms with van der Waals surface area (Å²) >= 11 is 5.98. The van der Waals surface area contributed by atoms with E-state index in [0.717, 1.165) is 16.5 Å². The van der Waals surface area contributed by atoms with Crippen LogP contribution in [-0.2, 0) is 6.61 Å². The Morgan fingerprint density at radius 2 is 2.13 bits per heavy atom.